The van der Waals surface area contributed by atoms with Gasteiger partial charge in [0.05, 0.1) is 24.7 Å². The normalized spacial score (nSPS) is 10.2. The number of carbonyl (C=O) groups is 1. The summed E-state index contributed by atoms with van der Waals surface area (Å²) in [7, 11) is 1.36. The summed E-state index contributed by atoms with van der Waals surface area (Å²) < 4.78 is 24.0. The lowest BCUT2D eigenvalue weighted by Crippen LogP contribution is -2.15. The van der Waals surface area contributed by atoms with Crippen molar-refractivity contribution >= 4 is 17.3 Å². The number of hydrogen-bond acceptors (Lipinski definition) is 5. The molecule has 0 aliphatic carbocycles. The van der Waals surface area contributed by atoms with Gasteiger partial charge in [-0.25, -0.2) is 4.39 Å². The summed E-state index contributed by atoms with van der Waals surface area (Å²) in [5, 5.41) is 13.7. The van der Waals surface area contributed by atoms with Crippen molar-refractivity contribution in [1.29, 1.82) is 0 Å². The van der Waals surface area contributed by atoms with Crippen molar-refractivity contribution in [1.82, 2.24) is 0 Å². The van der Waals surface area contributed by atoms with E-state index in [4.69, 9.17) is 9.47 Å². The Bertz CT molecular complexity index is 823. The van der Waals surface area contributed by atoms with Crippen LogP contribution in [0.5, 0.6) is 11.5 Å². The third kappa shape index (κ3) is 4.03. The number of amides is 1. The molecule has 2 aromatic rings. The minimum atomic E-state index is -0.753. The molecule has 8 heteroatoms. The smallest absolute Gasteiger partial charge is 0.286 e. The standard InChI is InChI=1S/C17H17FN2O5/c1-4-25-16-9-14(20(22)23)12(8-15(16)24-3)17(21)19-11-6-5-10(2)13(18)7-11/h5-9H,4H2,1-3H3,(H,19,21). The van der Waals surface area contributed by atoms with E-state index >= 15 is 0 Å². The molecule has 1 amide bonds. The first-order valence-electron chi connectivity index (χ1n) is 7.44. The maximum absolute atomic E-state index is 13.6. The molecule has 0 spiro atoms. The molecule has 0 aliphatic heterocycles. The number of ether oxygens (including phenoxy) is 2. The van der Waals surface area contributed by atoms with Crippen LogP contribution in [0.2, 0.25) is 0 Å². The third-order valence-electron chi connectivity index (χ3n) is 3.45. The number of methoxy groups -OCH3 is 1. The summed E-state index contributed by atoms with van der Waals surface area (Å²) in [6, 6.07) is 6.51. The fourth-order valence-electron chi connectivity index (χ4n) is 2.18. The van der Waals surface area contributed by atoms with E-state index in [0.717, 1.165) is 12.1 Å². The Morgan fingerprint density at radius 3 is 2.56 bits per heavy atom. The number of aryl methyl sites for hydroxylation is 1. The van der Waals surface area contributed by atoms with Crippen LogP contribution in [-0.2, 0) is 0 Å². The lowest BCUT2D eigenvalue weighted by molar-refractivity contribution is -0.385. The van der Waals surface area contributed by atoms with Crippen LogP contribution in [-0.4, -0.2) is 24.5 Å². The highest BCUT2D eigenvalue weighted by Gasteiger charge is 2.25. The topological polar surface area (TPSA) is 90.7 Å². The van der Waals surface area contributed by atoms with E-state index in [9.17, 15) is 19.3 Å². The number of nitrogens with zero attached hydrogens (tertiary/aromatic N) is 1. The number of halogens is 1. The quantitative estimate of drug-likeness (QED) is 0.635. The number of hydrogen-bond donors (Lipinski definition) is 1. The number of carbonyl (C=O) groups excluding carboxylic acids is 1. The number of nitro groups is 1. The van der Waals surface area contributed by atoms with Gasteiger partial charge in [-0.15, -0.1) is 0 Å². The zero-order chi connectivity index (χ0) is 18.6. The Balaban J connectivity index is 2.43. The van der Waals surface area contributed by atoms with Crippen LogP contribution in [0.15, 0.2) is 30.3 Å². The first-order valence-corrected chi connectivity index (χ1v) is 7.44. The van der Waals surface area contributed by atoms with Crippen LogP contribution in [0.25, 0.3) is 0 Å². The molecule has 0 saturated carbocycles. The molecule has 7 nitrogen and oxygen atoms in total. The van der Waals surface area contributed by atoms with Crippen LogP contribution < -0.4 is 14.8 Å². The molecule has 0 bridgehead atoms. The molecule has 2 aromatic carbocycles. The lowest BCUT2D eigenvalue weighted by Gasteiger charge is -2.12. The van der Waals surface area contributed by atoms with E-state index in [1.165, 1.54) is 25.3 Å². The summed E-state index contributed by atoms with van der Waals surface area (Å²) in [5.74, 6) is -0.893. The van der Waals surface area contributed by atoms with Gasteiger partial charge in [0, 0.05) is 11.8 Å². The number of benzene rings is 2. The maximum atomic E-state index is 13.6. The van der Waals surface area contributed by atoms with E-state index < -0.39 is 22.3 Å². The Hall–Kier alpha value is -3.16. The van der Waals surface area contributed by atoms with Gasteiger partial charge in [-0.1, -0.05) is 6.07 Å². The maximum Gasteiger partial charge on any atom is 0.286 e. The number of nitro benzene ring substituents is 1. The average Bonchev–Trinajstić information content (AvgIpc) is 2.57. The van der Waals surface area contributed by atoms with Crippen molar-refractivity contribution in [3.05, 3.63) is 57.4 Å². The highest BCUT2D eigenvalue weighted by Crippen LogP contribution is 2.35. The Labute approximate surface area is 143 Å². The van der Waals surface area contributed by atoms with Gasteiger partial charge in [0.1, 0.15) is 11.4 Å². The summed E-state index contributed by atoms with van der Waals surface area (Å²) >= 11 is 0. The van der Waals surface area contributed by atoms with Crippen molar-refractivity contribution in [2.24, 2.45) is 0 Å². The molecule has 0 heterocycles. The van der Waals surface area contributed by atoms with E-state index in [0.29, 0.717) is 5.56 Å². The first-order chi connectivity index (χ1) is 11.9. The van der Waals surface area contributed by atoms with Gasteiger partial charge in [-0.2, -0.15) is 0 Å². The molecule has 0 aliphatic rings. The molecule has 0 fully saturated rings. The van der Waals surface area contributed by atoms with Gasteiger partial charge in [0.25, 0.3) is 11.6 Å². The Kier molecular flexibility index (Phi) is 5.53. The number of nitrogens with one attached hydrogen (secondary N) is 1. The predicted octanol–water partition coefficient (Wildman–Crippen LogP) is 3.70. The highest BCUT2D eigenvalue weighted by atomic mass is 19.1. The van der Waals surface area contributed by atoms with E-state index in [1.807, 2.05) is 0 Å². The highest BCUT2D eigenvalue weighted by molar-refractivity contribution is 6.07. The monoisotopic (exact) mass is 348 g/mol. The van der Waals surface area contributed by atoms with Crippen molar-refractivity contribution in [3.8, 4) is 11.5 Å². The second kappa shape index (κ2) is 7.61. The lowest BCUT2D eigenvalue weighted by atomic mass is 10.1. The molecule has 0 atom stereocenters. The fourth-order valence-corrected chi connectivity index (χ4v) is 2.18. The molecule has 132 valence electrons. The zero-order valence-corrected chi connectivity index (χ0v) is 14.0. The Morgan fingerprint density at radius 2 is 2.00 bits per heavy atom. The molecular formula is C17H17FN2O5. The van der Waals surface area contributed by atoms with Crippen molar-refractivity contribution < 1.29 is 23.6 Å². The average molecular weight is 348 g/mol. The first kappa shape index (κ1) is 18.2. The van der Waals surface area contributed by atoms with Gasteiger partial charge >= 0.3 is 0 Å². The summed E-state index contributed by atoms with van der Waals surface area (Å²) in [5.41, 5.74) is -0.0393. The fraction of sp³-hybridized carbons (Fsp3) is 0.235. The third-order valence-corrected chi connectivity index (χ3v) is 3.45. The van der Waals surface area contributed by atoms with Crippen LogP contribution in [0.4, 0.5) is 15.8 Å². The molecule has 1 N–H and O–H groups in total. The van der Waals surface area contributed by atoms with E-state index in [-0.39, 0.29) is 29.4 Å². The summed E-state index contributed by atoms with van der Waals surface area (Å²) in [4.78, 5) is 23.1. The van der Waals surface area contributed by atoms with Crippen LogP contribution >= 0.6 is 0 Å². The number of rotatable bonds is 6. The van der Waals surface area contributed by atoms with Gasteiger partial charge in [0.15, 0.2) is 11.5 Å². The van der Waals surface area contributed by atoms with Gasteiger partial charge in [-0.05, 0) is 31.5 Å². The Morgan fingerprint density at radius 1 is 1.28 bits per heavy atom. The second-order valence-electron chi connectivity index (χ2n) is 5.13. The van der Waals surface area contributed by atoms with Crippen LogP contribution in [0.1, 0.15) is 22.8 Å². The SMILES string of the molecule is CCOc1cc([N+](=O)[O-])c(C(=O)Nc2ccc(C)c(F)c2)cc1OC. The molecule has 25 heavy (non-hydrogen) atoms. The van der Waals surface area contributed by atoms with Crippen LogP contribution in [0.3, 0.4) is 0 Å². The van der Waals surface area contributed by atoms with Crippen molar-refractivity contribution in [2.75, 3.05) is 19.0 Å². The van der Waals surface area contributed by atoms with Gasteiger partial charge < -0.3 is 14.8 Å². The molecule has 0 saturated heterocycles. The molecule has 0 unspecified atom stereocenters. The zero-order valence-electron chi connectivity index (χ0n) is 14.0. The minimum absolute atomic E-state index is 0.162. The van der Waals surface area contributed by atoms with Gasteiger partial charge in [-0.3, -0.25) is 14.9 Å². The molecule has 2 rings (SSSR count). The number of anilines is 1. The minimum Gasteiger partial charge on any atom is -0.493 e. The predicted molar refractivity (Wildman–Crippen MR) is 89.9 cm³/mol. The molecule has 0 aromatic heterocycles. The largest absolute Gasteiger partial charge is 0.493 e. The van der Waals surface area contributed by atoms with E-state index in [2.05, 4.69) is 5.32 Å². The molecule has 0 radical (unpaired) electrons. The van der Waals surface area contributed by atoms with Gasteiger partial charge in [0.2, 0.25) is 0 Å². The summed E-state index contributed by atoms with van der Waals surface area (Å²) in [6.07, 6.45) is 0. The summed E-state index contributed by atoms with van der Waals surface area (Å²) in [6.45, 7) is 3.59. The van der Waals surface area contributed by atoms with E-state index in [1.54, 1.807) is 13.8 Å². The van der Waals surface area contributed by atoms with Crippen molar-refractivity contribution in [2.45, 2.75) is 13.8 Å². The van der Waals surface area contributed by atoms with Crippen LogP contribution in [0, 0.1) is 22.9 Å². The second-order valence-corrected chi connectivity index (χ2v) is 5.13. The van der Waals surface area contributed by atoms with Crippen molar-refractivity contribution in [3.63, 3.8) is 0 Å². The molecular weight excluding hydrogens is 331 g/mol.